The molecule has 2 aromatic rings. The fourth-order valence-electron chi connectivity index (χ4n) is 1.88. The molecule has 1 aromatic heterocycles. The number of fused-ring (bicyclic) bond motifs is 1. The van der Waals surface area contributed by atoms with Crippen LogP contribution in [0.5, 0.6) is 0 Å². The highest BCUT2D eigenvalue weighted by molar-refractivity contribution is 8.00. The summed E-state index contributed by atoms with van der Waals surface area (Å²) in [5, 5.41) is 9.78. The molecule has 102 valence electrons. The van der Waals surface area contributed by atoms with Gasteiger partial charge in [0, 0.05) is 23.2 Å². The van der Waals surface area contributed by atoms with Crippen LogP contribution in [-0.4, -0.2) is 26.9 Å². The summed E-state index contributed by atoms with van der Waals surface area (Å²) in [5.41, 5.74) is -3.67. The number of carboxylic acid groups (broad SMARTS) is 1. The molecule has 0 fully saturated rings. The number of aryl methyl sites for hydroxylation is 1. The van der Waals surface area contributed by atoms with E-state index in [1.54, 1.807) is 24.3 Å². The Bertz CT molecular complexity index is 607. The van der Waals surface area contributed by atoms with Crippen LogP contribution in [0.2, 0.25) is 0 Å². The smallest absolute Gasteiger partial charge is 0.441 e. The lowest BCUT2D eigenvalue weighted by Crippen LogP contribution is -2.12. The minimum absolute atomic E-state index is 0.000671. The molecule has 0 aliphatic heterocycles. The number of nitrogens with zero attached hydrogens (tertiary/aromatic N) is 1. The zero-order valence-corrected chi connectivity index (χ0v) is 10.5. The number of aromatic nitrogens is 1. The van der Waals surface area contributed by atoms with Crippen molar-refractivity contribution in [3.05, 3.63) is 36.0 Å². The lowest BCUT2D eigenvalue weighted by atomic mass is 10.2. The third-order valence-electron chi connectivity index (χ3n) is 2.61. The van der Waals surface area contributed by atoms with E-state index >= 15 is 0 Å². The third kappa shape index (κ3) is 3.23. The van der Waals surface area contributed by atoms with Crippen LogP contribution in [0.3, 0.4) is 0 Å². The quantitative estimate of drug-likeness (QED) is 0.935. The molecule has 1 N–H and O–H groups in total. The molecule has 1 heterocycles. The van der Waals surface area contributed by atoms with Crippen molar-refractivity contribution in [1.82, 2.24) is 4.57 Å². The monoisotopic (exact) mass is 289 g/mol. The number of benzene rings is 1. The first-order valence-electron chi connectivity index (χ1n) is 5.41. The molecule has 0 aliphatic carbocycles. The first kappa shape index (κ1) is 13.8. The number of carboxylic acids is 1. The molecule has 0 amide bonds. The van der Waals surface area contributed by atoms with Crippen molar-refractivity contribution in [2.75, 3.05) is 5.75 Å². The second-order valence-electron chi connectivity index (χ2n) is 3.84. The predicted octanol–water partition coefficient (Wildman–Crippen LogP) is 3.59. The molecule has 19 heavy (non-hydrogen) atoms. The zero-order valence-electron chi connectivity index (χ0n) is 9.65. The second-order valence-corrected chi connectivity index (χ2v) is 5.00. The van der Waals surface area contributed by atoms with Gasteiger partial charge >= 0.3 is 11.5 Å². The van der Waals surface area contributed by atoms with E-state index in [1.165, 1.54) is 10.6 Å². The number of rotatable bonds is 4. The Morgan fingerprint density at radius 3 is 2.63 bits per heavy atom. The Kier molecular flexibility index (Phi) is 3.75. The molecular weight excluding hydrogens is 279 g/mol. The third-order valence-corrected chi connectivity index (χ3v) is 3.32. The van der Waals surface area contributed by atoms with Crippen molar-refractivity contribution < 1.29 is 23.1 Å². The number of para-hydroxylation sites is 1. The summed E-state index contributed by atoms with van der Waals surface area (Å²) in [5.74, 6) is -1.36. The van der Waals surface area contributed by atoms with Gasteiger partial charge in [-0.2, -0.15) is 13.2 Å². The van der Waals surface area contributed by atoms with Crippen molar-refractivity contribution in [1.29, 1.82) is 0 Å². The molecule has 0 spiro atoms. The highest BCUT2D eigenvalue weighted by atomic mass is 32.2. The lowest BCUT2D eigenvalue weighted by Gasteiger charge is -2.09. The number of carbonyl (C=O) groups is 1. The SMILES string of the molecule is O=C(O)c1cc2ccccc2n1CCSC(F)(F)F. The molecule has 0 aliphatic rings. The van der Waals surface area contributed by atoms with Crippen LogP contribution in [0.15, 0.2) is 30.3 Å². The van der Waals surface area contributed by atoms with Crippen LogP contribution in [0, 0.1) is 0 Å². The Morgan fingerprint density at radius 2 is 2.00 bits per heavy atom. The van der Waals surface area contributed by atoms with Crippen molar-refractivity contribution in [2.45, 2.75) is 12.1 Å². The summed E-state index contributed by atoms with van der Waals surface area (Å²) in [6.45, 7) is -0.000671. The van der Waals surface area contributed by atoms with E-state index in [0.717, 1.165) is 0 Å². The molecule has 1 aromatic carbocycles. The number of aromatic carboxylic acids is 1. The van der Waals surface area contributed by atoms with Crippen LogP contribution in [0.1, 0.15) is 10.5 Å². The van der Waals surface area contributed by atoms with Crippen molar-refractivity contribution in [3.8, 4) is 0 Å². The van der Waals surface area contributed by atoms with Gasteiger partial charge in [0.05, 0.1) is 0 Å². The molecule has 0 radical (unpaired) electrons. The zero-order chi connectivity index (χ0) is 14.0. The summed E-state index contributed by atoms with van der Waals surface area (Å²) in [6, 6.07) is 8.37. The maximum atomic E-state index is 12.1. The van der Waals surface area contributed by atoms with Crippen molar-refractivity contribution in [3.63, 3.8) is 0 Å². The summed E-state index contributed by atoms with van der Waals surface area (Å²) >= 11 is -0.153. The molecule has 0 saturated heterocycles. The van der Waals surface area contributed by atoms with E-state index in [1.807, 2.05) is 0 Å². The van der Waals surface area contributed by atoms with E-state index in [9.17, 15) is 18.0 Å². The van der Waals surface area contributed by atoms with Crippen molar-refractivity contribution >= 4 is 28.6 Å². The molecule has 3 nitrogen and oxygen atoms in total. The van der Waals surface area contributed by atoms with Gasteiger partial charge in [0.1, 0.15) is 5.69 Å². The Balaban J connectivity index is 2.29. The van der Waals surface area contributed by atoms with Gasteiger partial charge in [-0.15, -0.1) is 0 Å². The molecule has 7 heteroatoms. The topological polar surface area (TPSA) is 42.2 Å². The number of hydrogen-bond acceptors (Lipinski definition) is 2. The highest BCUT2D eigenvalue weighted by Gasteiger charge is 2.28. The van der Waals surface area contributed by atoms with Crippen LogP contribution >= 0.6 is 11.8 Å². The molecule has 0 bridgehead atoms. The van der Waals surface area contributed by atoms with Gasteiger partial charge in [0.25, 0.3) is 0 Å². The fourth-order valence-corrected chi connectivity index (χ4v) is 2.39. The molecular formula is C12H10F3NO2S. The average molecular weight is 289 g/mol. The van der Waals surface area contributed by atoms with Crippen LogP contribution in [0.4, 0.5) is 13.2 Å². The van der Waals surface area contributed by atoms with Gasteiger partial charge in [-0.05, 0) is 23.9 Å². The summed E-state index contributed by atoms with van der Waals surface area (Å²) in [7, 11) is 0. The maximum Gasteiger partial charge on any atom is 0.441 e. The summed E-state index contributed by atoms with van der Waals surface area (Å²) < 4.78 is 37.7. The Hall–Kier alpha value is -1.63. The van der Waals surface area contributed by atoms with Gasteiger partial charge in [-0.3, -0.25) is 0 Å². The first-order valence-corrected chi connectivity index (χ1v) is 6.39. The largest absolute Gasteiger partial charge is 0.477 e. The van der Waals surface area contributed by atoms with E-state index in [2.05, 4.69) is 0 Å². The summed E-state index contributed by atoms with van der Waals surface area (Å²) in [6.07, 6.45) is 0. The standard InChI is InChI=1S/C12H10F3NO2S/c13-12(14,15)19-6-5-16-9-4-2-1-3-8(9)7-10(16)11(17)18/h1-4,7H,5-6H2,(H,17,18). The van der Waals surface area contributed by atoms with E-state index in [-0.39, 0.29) is 29.8 Å². The fraction of sp³-hybridized carbons (Fsp3) is 0.250. The number of alkyl halides is 3. The van der Waals surface area contributed by atoms with Gasteiger partial charge < -0.3 is 9.67 Å². The first-order chi connectivity index (χ1) is 8.88. The number of halogens is 3. The molecule has 2 rings (SSSR count). The van der Waals surface area contributed by atoms with Gasteiger partial charge in [-0.25, -0.2) is 4.79 Å². The van der Waals surface area contributed by atoms with Crippen LogP contribution in [-0.2, 0) is 6.54 Å². The van der Waals surface area contributed by atoms with Gasteiger partial charge in [0.2, 0.25) is 0 Å². The summed E-state index contributed by atoms with van der Waals surface area (Å²) in [4.78, 5) is 11.1. The van der Waals surface area contributed by atoms with Crippen molar-refractivity contribution in [2.24, 2.45) is 0 Å². The minimum atomic E-state index is -4.30. The molecule has 0 saturated carbocycles. The Morgan fingerprint density at radius 1 is 1.32 bits per heavy atom. The van der Waals surface area contributed by atoms with E-state index in [4.69, 9.17) is 5.11 Å². The lowest BCUT2D eigenvalue weighted by molar-refractivity contribution is -0.0328. The van der Waals surface area contributed by atoms with Gasteiger partial charge in [-0.1, -0.05) is 18.2 Å². The van der Waals surface area contributed by atoms with Crippen LogP contribution in [0.25, 0.3) is 10.9 Å². The average Bonchev–Trinajstić information content (AvgIpc) is 2.67. The molecule has 0 atom stereocenters. The van der Waals surface area contributed by atoms with E-state index in [0.29, 0.717) is 10.9 Å². The van der Waals surface area contributed by atoms with Gasteiger partial charge in [0.15, 0.2) is 0 Å². The highest BCUT2D eigenvalue weighted by Crippen LogP contribution is 2.30. The minimum Gasteiger partial charge on any atom is -0.477 e. The van der Waals surface area contributed by atoms with Crippen LogP contribution < -0.4 is 0 Å². The second kappa shape index (κ2) is 5.16. The number of thioether (sulfide) groups is 1. The Labute approximate surface area is 111 Å². The number of hydrogen-bond donors (Lipinski definition) is 1. The normalized spacial score (nSPS) is 11.9. The molecule has 0 unspecified atom stereocenters. The predicted molar refractivity (Wildman–Crippen MR) is 67.4 cm³/mol. The maximum absolute atomic E-state index is 12.1. The van der Waals surface area contributed by atoms with E-state index < -0.39 is 11.5 Å².